The monoisotopic (exact) mass is 280 g/mol. The molecule has 0 heterocycles. The predicted octanol–water partition coefficient (Wildman–Crippen LogP) is 3.71. The summed E-state index contributed by atoms with van der Waals surface area (Å²) in [6, 6.07) is 11.6. The largest absolute Gasteiger partial charge is 0.399 e. The average molecular weight is 280 g/mol. The second-order valence-corrected chi connectivity index (χ2v) is 5.68. The number of hydrogen-bond donors (Lipinski definition) is 2. The van der Waals surface area contributed by atoms with Gasteiger partial charge in [0.2, 0.25) is 0 Å². The molecule has 1 aliphatic carbocycles. The van der Waals surface area contributed by atoms with E-state index in [4.69, 9.17) is 5.73 Å². The van der Waals surface area contributed by atoms with Crippen LogP contribution in [0.4, 0.5) is 11.4 Å². The number of anilines is 2. The first-order valence-electron chi connectivity index (χ1n) is 7.43. The van der Waals surface area contributed by atoms with Crippen LogP contribution < -0.4 is 11.1 Å². The third kappa shape index (κ3) is 2.77. The summed E-state index contributed by atoms with van der Waals surface area (Å²) in [5.41, 5.74) is 11.6. The summed E-state index contributed by atoms with van der Waals surface area (Å²) in [5.74, 6) is -0.0635. The standard InChI is InChI=1S/C18H20N2O/c1-12-11-14(19)9-10-15(12)18(21)20-17-8-4-6-13-5-2-3-7-16(13)17/h4,6,8-11H,2-3,5,7,19H2,1H3,(H,20,21). The number of aryl methyl sites for hydroxylation is 2. The van der Waals surface area contributed by atoms with Crippen molar-refractivity contribution in [2.45, 2.75) is 32.6 Å². The Labute approximate surface area is 125 Å². The number of nitrogens with one attached hydrogen (secondary N) is 1. The van der Waals surface area contributed by atoms with Gasteiger partial charge in [-0.1, -0.05) is 12.1 Å². The quantitative estimate of drug-likeness (QED) is 0.824. The number of hydrogen-bond acceptors (Lipinski definition) is 2. The van der Waals surface area contributed by atoms with Crippen molar-refractivity contribution in [1.29, 1.82) is 0 Å². The molecule has 3 nitrogen and oxygen atoms in total. The summed E-state index contributed by atoms with van der Waals surface area (Å²) in [5, 5.41) is 3.07. The van der Waals surface area contributed by atoms with Crippen LogP contribution in [0.3, 0.4) is 0 Å². The van der Waals surface area contributed by atoms with Gasteiger partial charge in [0.25, 0.3) is 5.91 Å². The average Bonchev–Trinajstić information content (AvgIpc) is 2.47. The Morgan fingerprint density at radius 2 is 1.95 bits per heavy atom. The molecule has 0 bridgehead atoms. The maximum absolute atomic E-state index is 12.5. The molecule has 0 fully saturated rings. The van der Waals surface area contributed by atoms with E-state index in [9.17, 15) is 4.79 Å². The number of carbonyl (C=O) groups is 1. The van der Waals surface area contributed by atoms with Crippen molar-refractivity contribution >= 4 is 17.3 Å². The van der Waals surface area contributed by atoms with Crippen molar-refractivity contribution in [3.63, 3.8) is 0 Å². The van der Waals surface area contributed by atoms with Crippen molar-refractivity contribution in [3.05, 3.63) is 58.7 Å². The molecular formula is C18H20N2O. The van der Waals surface area contributed by atoms with Gasteiger partial charge in [0.15, 0.2) is 0 Å². The van der Waals surface area contributed by atoms with Crippen LogP contribution in [-0.4, -0.2) is 5.91 Å². The summed E-state index contributed by atoms with van der Waals surface area (Å²) in [7, 11) is 0. The third-order valence-corrected chi connectivity index (χ3v) is 4.14. The second kappa shape index (κ2) is 5.60. The number of nitrogens with two attached hydrogens (primary N) is 1. The van der Waals surface area contributed by atoms with E-state index in [2.05, 4.69) is 11.4 Å². The maximum atomic E-state index is 12.5. The summed E-state index contributed by atoms with van der Waals surface area (Å²) < 4.78 is 0. The highest BCUT2D eigenvalue weighted by molar-refractivity contribution is 6.06. The topological polar surface area (TPSA) is 55.1 Å². The fourth-order valence-corrected chi connectivity index (χ4v) is 3.03. The van der Waals surface area contributed by atoms with Crippen LogP contribution in [0.15, 0.2) is 36.4 Å². The number of carbonyl (C=O) groups excluding carboxylic acids is 1. The SMILES string of the molecule is Cc1cc(N)ccc1C(=O)Nc1cccc2c1CCCC2. The fraction of sp³-hybridized carbons (Fsp3) is 0.278. The van der Waals surface area contributed by atoms with Crippen molar-refractivity contribution in [2.24, 2.45) is 0 Å². The van der Waals surface area contributed by atoms with Crippen molar-refractivity contribution < 1.29 is 4.79 Å². The van der Waals surface area contributed by atoms with E-state index < -0.39 is 0 Å². The van der Waals surface area contributed by atoms with Gasteiger partial charge in [0.1, 0.15) is 0 Å². The van der Waals surface area contributed by atoms with Crippen LogP contribution in [0.1, 0.15) is 39.9 Å². The predicted molar refractivity (Wildman–Crippen MR) is 86.6 cm³/mol. The molecule has 3 rings (SSSR count). The molecule has 0 atom stereocenters. The van der Waals surface area contributed by atoms with E-state index in [-0.39, 0.29) is 5.91 Å². The zero-order chi connectivity index (χ0) is 14.8. The molecule has 0 aliphatic heterocycles. The lowest BCUT2D eigenvalue weighted by molar-refractivity contribution is 0.102. The van der Waals surface area contributed by atoms with Crippen LogP contribution in [0, 0.1) is 6.92 Å². The van der Waals surface area contributed by atoms with E-state index in [1.54, 1.807) is 12.1 Å². The van der Waals surface area contributed by atoms with Gasteiger partial charge in [-0.05, 0) is 73.6 Å². The zero-order valence-corrected chi connectivity index (χ0v) is 12.3. The summed E-state index contributed by atoms with van der Waals surface area (Å²) in [6.07, 6.45) is 4.59. The molecule has 2 aromatic carbocycles. The molecule has 1 amide bonds. The van der Waals surface area contributed by atoms with Gasteiger partial charge in [0.05, 0.1) is 0 Å². The lowest BCUT2D eigenvalue weighted by Crippen LogP contribution is -2.16. The zero-order valence-electron chi connectivity index (χ0n) is 12.3. The van der Waals surface area contributed by atoms with E-state index in [1.165, 1.54) is 24.0 Å². The minimum Gasteiger partial charge on any atom is -0.399 e. The van der Waals surface area contributed by atoms with Crippen molar-refractivity contribution in [3.8, 4) is 0 Å². The van der Waals surface area contributed by atoms with Crippen molar-refractivity contribution in [2.75, 3.05) is 11.1 Å². The number of benzene rings is 2. The van der Waals surface area contributed by atoms with Crippen LogP contribution in [0.25, 0.3) is 0 Å². The summed E-state index contributed by atoms with van der Waals surface area (Å²) in [4.78, 5) is 12.5. The molecule has 0 radical (unpaired) electrons. The molecule has 3 heteroatoms. The molecule has 0 saturated carbocycles. The highest BCUT2D eigenvalue weighted by atomic mass is 16.1. The molecule has 3 N–H and O–H groups in total. The number of amides is 1. The Kier molecular flexibility index (Phi) is 3.65. The maximum Gasteiger partial charge on any atom is 0.255 e. The first-order valence-corrected chi connectivity index (χ1v) is 7.43. The van der Waals surface area contributed by atoms with Gasteiger partial charge in [-0.2, -0.15) is 0 Å². The molecule has 2 aromatic rings. The number of fused-ring (bicyclic) bond motifs is 1. The lowest BCUT2D eigenvalue weighted by Gasteiger charge is -2.20. The van der Waals surface area contributed by atoms with Gasteiger partial charge in [0, 0.05) is 16.9 Å². The first kappa shape index (κ1) is 13.7. The molecule has 108 valence electrons. The molecule has 0 spiro atoms. The van der Waals surface area contributed by atoms with E-state index in [0.717, 1.165) is 24.1 Å². The Bertz CT molecular complexity index is 692. The molecule has 21 heavy (non-hydrogen) atoms. The number of nitrogen functional groups attached to an aromatic ring is 1. The Morgan fingerprint density at radius 3 is 2.76 bits per heavy atom. The fourth-order valence-electron chi connectivity index (χ4n) is 3.03. The highest BCUT2D eigenvalue weighted by Gasteiger charge is 2.16. The minimum atomic E-state index is -0.0635. The van der Waals surface area contributed by atoms with Crippen LogP contribution >= 0.6 is 0 Å². The second-order valence-electron chi connectivity index (χ2n) is 5.68. The third-order valence-electron chi connectivity index (χ3n) is 4.14. The normalized spacial score (nSPS) is 13.6. The van der Waals surface area contributed by atoms with Gasteiger partial charge in [-0.3, -0.25) is 4.79 Å². The minimum absolute atomic E-state index is 0.0635. The molecule has 0 aromatic heterocycles. The van der Waals surface area contributed by atoms with E-state index in [0.29, 0.717) is 11.3 Å². The van der Waals surface area contributed by atoms with Crippen LogP contribution in [0.2, 0.25) is 0 Å². The summed E-state index contributed by atoms with van der Waals surface area (Å²) in [6.45, 7) is 1.91. The Balaban J connectivity index is 1.88. The van der Waals surface area contributed by atoms with Gasteiger partial charge < -0.3 is 11.1 Å². The molecular weight excluding hydrogens is 260 g/mol. The summed E-state index contributed by atoms with van der Waals surface area (Å²) >= 11 is 0. The van der Waals surface area contributed by atoms with Gasteiger partial charge >= 0.3 is 0 Å². The van der Waals surface area contributed by atoms with E-state index >= 15 is 0 Å². The van der Waals surface area contributed by atoms with Crippen LogP contribution in [-0.2, 0) is 12.8 Å². The van der Waals surface area contributed by atoms with Crippen molar-refractivity contribution in [1.82, 2.24) is 0 Å². The molecule has 0 unspecified atom stereocenters. The Morgan fingerprint density at radius 1 is 1.14 bits per heavy atom. The molecule has 1 aliphatic rings. The first-order chi connectivity index (χ1) is 10.1. The van der Waals surface area contributed by atoms with Gasteiger partial charge in [-0.15, -0.1) is 0 Å². The lowest BCUT2D eigenvalue weighted by atomic mass is 9.90. The highest BCUT2D eigenvalue weighted by Crippen LogP contribution is 2.28. The smallest absolute Gasteiger partial charge is 0.255 e. The van der Waals surface area contributed by atoms with E-state index in [1.807, 2.05) is 25.1 Å². The Hall–Kier alpha value is -2.29. The molecule has 0 saturated heterocycles. The number of rotatable bonds is 2. The van der Waals surface area contributed by atoms with Crippen LogP contribution in [0.5, 0.6) is 0 Å². The van der Waals surface area contributed by atoms with Gasteiger partial charge in [-0.25, -0.2) is 0 Å².